The van der Waals surface area contributed by atoms with Crippen LogP contribution in [0, 0.1) is 21.7 Å². The summed E-state index contributed by atoms with van der Waals surface area (Å²) in [5, 5.41) is 29.0. The molecule has 14 heteroatoms. The van der Waals surface area contributed by atoms with Crippen LogP contribution in [0.3, 0.4) is 0 Å². The summed E-state index contributed by atoms with van der Waals surface area (Å²) in [6.07, 6.45) is -0.848. The van der Waals surface area contributed by atoms with Crippen LogP contribution < -0.4 is 10.6 Å². The van der Waals surface area contributed by atoms with Crippen molar-refractivity contribution in [3.63, 3.8) is 0 Å². The van der Waals surface area contributed by atoms with Crippen LogP contribution in [-0.4, -0.2) is 65.0 Å². The van der Waals surface area contributed by atoms with Crippen molar-refractivity contribution in [2.75, 3.05) is 0 Å². The fraction of sp³-hybridized carbons (Fsp3) is 0.609. The highest BCUT2D eigenvalue weighted by molar-refractivity contribution is 5.85. The number of nitrogens with zero attached hydrogens (tertiary/aromatic N) is 2. The Morgan fingerprint density at radius 3 is 1.48 bits per heavy atom. The van der Waals surface area contributed by atoms with E-state index in [1.807, 2.05) is 84.0 Å². The van der Waals surface area contributed by atoms with Crippen molar-refractivity contribution >= 4 is 22.8 Å². The van der Waals surface area contributed by atoms with Crippen LogP contribution in [0.15, 0.2) is 48.7 Å². The van der Waals surface area contributed by atoms with E-state index in [0.717, 1.165) is 27.9 Å². The van der Waals surface area contributed by atoms with Gasteiger partial charge in [-0.25, -0.2) is 27.5 Å². The number of aliphatic hydroxyl groups is 2. The fourth-order valence-electron chi connectivity index (χ4n) is 8.56. The number of imidazole rings is 2. The molecule has 60 heavy (non-hydrogen) atoms. The van der Waals surface area contributed by atoms with Gasteiger partial charge in [-0.05, 0) is 93.0 Å². The Morgan fingerprint density at radius 2 is 1.03 bits per heavy atom. The second kappa shape index (κ2) is 15.3. The highest BCUT2D eigenvalue weighted by atomic mass is 19.3. The smallest absolute Gasteiger partial charge is 0.248 e. The van der Waals surface area contributed by atoms with E-state index in [-0.39, 0.29) is 25.7 Å². The maximum Gasteiger partial charge on any atom is 0.248 e. The van der Waals surface area contributed by atoms with Gasteiger partial charge < -0.3 is 30.8 Å². The van der Waals surface area contributed by atoms with Crippen molar-refractivity contribution in [1.82, 2.24) is 30.6 Å². The lowest BCUT2D eigenvalue weighted by Gasteiger charge is -2.46. The molecule has 2 amide bonds. The topological polar surface area (TPSA) is 156 Å². The molecule has 328 valence electrons. The molecule has 0 unspecified atom stereocenters. The van der Waals surface area contributed by atoms with Gasteiger partial charge >= 0.3 is 0 Å². The van der Waals surface area contributed by atoms with Crippen molar-refractivity contribution in [1.29, 1.82) is 0 Å². The molecule has 2 fully saturated rings. The standard InChI is InChI=1S/C46H62F4N6O4/c1-39(2,3)33(55-37(57)41(7,8)43(59)17-21-45(47,48)22-18-43)35-51-26-32(54-35)28-13-11-27(12-14-28)29-15-16-30-31(25-29)53-36(52-30)34(40(4,5)6)56-38(58)42(9,10)44(60)19-23-46(49,50)24-20-44/h11-16,25-26,33-34,59-60H,17-24H2,1-10H3,(H,51,54)(H,52,53)(H,55,57)(H,56,58)/t33-,34-/m1/s1. The van der Waals surface area contributed by atoms with Crippen LogP contribution in [0.1, 0.15) is 144 Å². The first-order valence-electron chi connectivity index (χ1n) is 20.9. The van der Waals surface area contributed by atoms with Gasteiger partial charge in [-0.15, -0.1) is 0 Å². The number of aromatic amines is 2. The Morgan fingerprint density at radius 1 is 0.617 bits per heavy atom. The van der Waals surface area contributed by atoms with Crippen molar-refractivity contribution in [2.24, 2.45) is 21.7 Å². The van der Waals surface area contributed by atoms with Gasteiger partial charge in [-0.2, -0.15) is 0 Å². The van der Waals surface area contributed by atoms with Crippen molar-refractivity contribution in [3.8, 4) is 22.4 Å². The third kappa shape index (κ3) is 8.87. The minimum absolute atomic E-state index is 0.169. The summed E-state index contributed by atoms with van der Waals surface area (Å²) in [5.74, 6) is -5.51. The molecule has 2 aliphatic rings. The lowest BCUT2D eigenvalue weighted by atomic mass is 9.65. The Hall–Kier alpha value is -4.30. The molecule has 2 atom stereocenters. The largest absolute Gasteiger partial charge is 0.389 e. The van der Waals surface area contributed by atoms with E-state index in [4.69, 9.17) is 4.98 Å². The molecule has 6 N–H and O–H groups in total. The summed E-state index contributed by atoms with van der Waals surface area (Å²) < 4.78 is 55.9. The molecule has 2 aromatic heterocycles. The van der Waals surface area contributed by atoms with E-state index in [9.17, 15) is 37.4 Å². The Balaban J connectivity index is 1.18. The molecule has 0 saturated heterocycles. The zero-order valence-electron chi connectivity index (χ0n) is 36.5. The monoisotopic (exact) mass is 838 g/mol. The number of rotatable bonds is 10. The highest BCUT2D eigenvalue weighted by Gasteiger charge is 2.55. The number of nitrogens with one attached hydrogen (secondary N) is 4. The first kappa shape index (κ1) is 45.2. The number of hydrogen-bond acceptors (Lipinski definition) is 6. The molecule has 10 nitrogen and oxygen atoms in total. The predicted octanol–water partition coefficient (Wildman–Crippen LogP) is 9.96. The van der Waals surface area contributed by atoms with E-state index in [2.05, 4.69) is 25.6 Å². The number of fused-ring (bicyclic) bond motifs is 1. The number of benzene rings is 2. The zero-order valence-corrected chi connectivity index (χ0v) is 36.5. The summed E-state index contributed by atoms with van der Waals surface area (Å²) in [6.45, 7) is 18.2. The molecular formula is C46H62F4N6O4. The number of amides is 2. The summed E-state index contributed by atoms with van der Waals surface area (Å²) >= 11 is 0. The molecule has 2 saturated carbocycles. The molecule has 2 aliphatic carbocycles. The number of carbonyl (C=O) groups excluding carboxylic acids is 2. The molecule has 0 spiro atoms. The van der Waals surface area contributed by atoms with Crippen molar-refractivity contribution in [2.45, 2.75) is 156 Å². The molecule has 6 rings (SSSR count). The highest BCUT2D eigenvalue weighted by Crippen LogP contribution is 2.49. The minimum atomic E-state index is -2.85. The molecular weight excluding hydrogens is 777 g/mol. The van der Waals surface area contributed by atoms with Gasteiger partial charge in [0.15, 0.2) is 0 Å². The molecule has 0 radical (unpaired) electrons. The van der Waals surface area contributed by atoms with Crippen LogP contribution in [0.25, 0.3) is 33.4 Å². The van der Waals surface area contributed by atoms with Gasteiger partial charge in [0.1, 0.15) is 11.6 Å². The van der Waals surface area contributed by atoms with Gasteiger partial charge in [0.25, 0.3) is 0 Å². The third-order valence-electron chi connectivity index (χ3n) is 13.5. The predicted molar refractivity (Wildman–Crippen MR) is 224 cm³/mol. The van der Waals surface area contributed by atoms with Crippen LogP contribution >= 0.6 is 0 Å². The van der Waals surface area contributed by atoms with Crippen LogP contribution in [0.5, 0.6) is 0 Å². The number of carbonyl (C=O) groups is 2. The average molecular weight is 839 g/mol. The number of alkyl halides is 4. The summed E-state index contributed by atoms with van der Waals surface area (Å²) in [6, 6.07) is 12.6. The van der Waals surface area contributed by atoms with Gasteiger partial charge in [0.05, 0.1) is 57.0 Å². The van der Waals surface area contributed by atoms with Crippen LogP contribution in [0.2, 0.25) is 0 Å². The van der Waals surface area contributed by atoms with E-state index in [0.29, 0.717) is 17.2 Å². The normalized spacial score (nSPS) is 20.3. The van der Waals surface area contributed by atoms with E-state index in [1.165, 1.54) is 0 Å². The van der Waals surface area contributed by atoms with Crippen molar-refractivity contribution in [3.05, 3.63) is 60.3 Å². The number of aromatic nitrogens is 4. The minimum Gasteiger partial charge on any atom is -0.389 e. The fourth-order valence-corrected chi connectivity index (χ4v) is 8.56. The van der Waals surface area contributed by atoms with Gasteiger partial charge in [-0.3, -0.25) is 9.59 Å². The van der Waals surface area contributed by atoms with Crippen LogP contribution in [-0.2, 0) is 9.59 Å². The summed E-state index contributed by atoms with van der Waals surface area (Å²) in [7, 11) is 0. The molecule has 4 aromatic rings. The maximum absolute atomic E-state index is 14.0. The van der Waals surface area contributed by atoms with Gasteiger partial charge in [-0.1, -0.05) is 71.9 Å². The number of halogens is 4. The molecule has 2 aromatic carbocycles. The van der Waals surface area contributed by atoms with Gasteiger partial charge in [0, 0.05) is 25.7 Å². The Kier molecular flexibility index (Phi) is 11.5. The van der Waals surface area contributed by atoms with E-state index >= 15 is 0 Å². The second-order valence-corrected chi connectivity index (χ2v) is 20.7. The molecule has 2 heterocycles. The summed E-state index contributed by atoms with van der Waals surface area (Å²) in [5.41, 5.74) is -1.89. The Labute approximate surface area is 350 Å². The Bertz CT molecular complexity index is 2190. The maximum atomic E-state index is 14.0. The SMILES string of the molecule is CC(C)(C)[C@H](NC(=O)C(C)(C)C1(O)CCC(F)(F)CC1)c1ncc(-c2ccc(-c3ccc4nc([C@@H](NC(=O)C(C)(C)C5(O)CCC(F)(F)CC5)C(C)(C)C)[nH]c4c3)cc2)[nH]1. The second-order valence-electron chi connectivity index (χ2n) is 20.7. The molecule has 0 aliphatic heterocycles. The zero-order chi connectivity index (χ0) is 44.5. The lowest BCUT2D eigenvalue weighted by Crippen LogP contribution is -2.57. The van der Waals surface area contributed by atoms with E-state index < -0.39 is 94.3 Å². The first-order valence-corrected chi connectivity index (χ1v) is 20.9. The summed E-state index contributed by atoms with van der Waals surface area (Å²) in [4.78, 5) is 43.9. The van der Waals surface area contributed by atoms with E-state index in [1.54, 1.807) is 33.9 Å². The first-order chi connectivity index (χ1) is 27.5. The third-order valence-corrected chi connectivity index (χ3v) is 13.5. The molecule has 0 bridgehead atoms. The van der Waals surface area contributed by atoms with Crippen molar-refractivity contribution < 1.29 is 37.4 Å². The van der Waals surface area contributed by atoms with Crippen LogP contribution in [0.4, 0.5) is 17.6 Å². The quantitative estimate of drug-likeness (QED) is 0.0874. The number of H-pyrrole nitrogens is 2. The number of hydrogen-bond donors (Lipinski definition) is 6. The average Bonchev–Trinajstić information content (AvgIpc) is 3.81. The lowest BCUT2D eigenvalue weighted by molar-refractivity contribution is -0.169. The van der Waals surface area contributed by atoms with Gasteiger partial charge in [0.2, 0.25) is 23.7 Å².